The van der Waals surface area contributed by atoms with E-state index in [0.29, 0.717) is 24.7 Å². The summed E-state index contributed by atoms with van der Waals surface area (Å²) in [7, 11) is 1.83. The Morgan fingerprint density at radius 3 is 2.91 bits per heavy atom. The van der Waals surface area contributed by atoms with Gasteiger partial charge in [0.05, 0.1) is 18.6 Å². The molecule has 2 aromatic heterocycles. The monoisotopic (exact) mass is 333 g/mol. The highest BCUT2D eigenvalue weighted by molar-refractivity contribution is 7.09. The number of benzene rings is 1. The minimum absolute atomic E-state index is 0.101. The van der Waals surface area contributed by atoms with E-state index in [1.807, 2.05) is 48.8 Å². The Morgan fingerprint density at radius 2 is 2.14 bits per heavy atom. The molecule has 2 heterocycles. The summed E-state index contributed by atoms with van der Waals surface area (Å²) in [6.45, 7) is 1.18. The summed E-state index contributed by atoms with van der Waals surface area (Å²) < 4.78 is 1.80. The summed E-state index contributed by atoms with van der Waals surface area (Å²) >= 11 is 7.78. The standard InChI is InChI=1S/C16H16ClN3OS/c1-19(11-12-5-4-10-22-12)15(21)8-9-20-14-7-3-2-6-13(14)16(17)18-20/h2-7,10H,8-9,11H2,1H3. The highest BCUT2D eigenvalue weighted by Gasteiger charge is 2.12. The average Bonchev–Trinajstić information content (AvgIpc) is 3.14. The third-order valence-electron chi connectivity index (χ3n) is 3.55. The number of carbonyl (C=O) groups is 1. The number of hydrogen-bond donors (Lipinski definition) is 0. The SMILES string of the molecule is CN(Cc1cccs1)C(=O)CCn1nc(Cl)c2ccccc21. The first-order valence-electron chi connectivity index (χ1n) is 7.02. The zero-order chi connectivity index (χ0) is 15.5. The van der Waals surface area contributed by atoms with E-state index >= 15 is 0 Å². The second kappa shape index (κ2) is 6.50. The highest BCUT2D eigenvalue weighted by atomic mass is 35.5. The van der Waals surface area contributed by atoms with Crippen molar-refractivity contribution < 1.29 is 4.79 Å². The van der Waals surface area contributed by atoms with Crippen LogP contribution in [0.4, 0.5) is 0 Å². The van der Waals surface area contributed by atoms with Crippen LogP contribution in [-0.2, 0) is 17.9 Å². The van der Waals surface area contributed by atoms with Gasteiger partial charge in [-0.25, -0.2) is 0 Å². The molecule has 1 amide bonds. The Hall–Kier alpha value is -1.85. The molecule has 0 spiro atoms. The predicted octanol–water partition coefficient (Wildman–Crippen LogP) is 3.80. The first-order valence-corrected chi connectivity index (χ1v) is 8.28. The van der Waals surface area contributed by atoms with Gasteiger partial charge in [-0.2, -0.15) is 5.10 Å². The number of carbonyl (C=O) groups excluding carboxylic acids is 1. The van der Waals surface area contributed by atoms with Crippen LogP contribution >= 0.6 is 22.9 Å². The van der Waals surface area contributed by atoms with Crippen molar-refractivity contribution in [2.45, 2.75) is 19.5 Å². The molecule has 3 rings (SSSR count). The second-order valence-electron chi connectivity index (χ2n) is 5.11. The van der Waals surface area contributed by atoms with Gasteiger partial charge in [-0.15, -0.1) is 11.3 Å². The van der Waals surface area contributed by atoms with Crippen molar-refractivity contribution in [3.05, 3.63) is 51.8 Å². The number of para-hydroxylation sites is 1. The molecule has 0 radical (unpaired) electrons. The molecule has 22 heavy (non-hydrogen) atoms. The van der Waals surface area contributed by atoms with Crippen LogP contribution in [0, 0.1) is 0 Å². The van der Waals surface area contributed by atoms with E-state index in [1.54, 1.807) is 20.9 Å². The lowest BCUT2D eigenvalue weighted by Crippen LogP contribution is -2.26. The fourth-order valence-corrected chi connectivity index (χ4v) is 3.38. The smallest absolute Gasteiger partial charge is 0.224 e. The minimum Gasteiger partial charge on any atom is -0.341 e. The second-order valence-corrected chi connectivity index (χ2v) is 6.50. The predicted molar refractivity (Wildman–Crippen MR) is 90.2 cm³/mol. The van der Waals surface area contributed by atoms with E-state index in [0.717, 1.165) is 10.9 Å². The Balaban J connectivity index is 1.65. The van der Waals surface area contributed by atoms with Gasteiger partial charge in [0, 0.05) is 23.7 Å². The minimum atomic E-state index is 0.101. The number of thiophene rings is 1. The number of aromatic nitrogens is 2. The number of aryl methyl sites for hydroxylation is 1. The molecule has 0 fully saturated rings. The van der Waals surface area contributed by atoms with Gasteiger partial charge in [0.1, 0.15) is 0 Å². The van der Waals surface area contributed by atoms with Crippen LogP contribution in [0.3, 0.4) is 0 Å². The summed E-state index contributed by atoms with van der Waals surface area (Å²) in [5.74, 6) is 0.101. The van der Waals surface area contributed by atoms with E-state index < -0.39 is 0 Å². The average molecular weight is 334 g/mol. The molecule has 114 valence electrons. The quantitative estimate of drug-likeness (QED) is 0.712. The summed E-state index contributed by atoms with van der Waals surface area (Å²) in [5, 5.41) is 7.73. The highest BCUT2D eigenvalue weighted by Crippen LogP contribution is 2.22. The van der Waals surface area contributed by atoms with E-state index in [1.165, 1.54) is 4.88 Å². The zero-order valence-corrected chi connectivity index (χ0v) is 13.8. The number of fused-ring (bicyclic) bond motifs is 1. The van der Waals surface area contributed by atoms with Crippen LogP contribution in [0.5, 0.6) is 0 Å². The van der Waals surface area contributed by atoms with Crippen molar-refractivity contribution in [2.75, 3.05) is 7.05 Å². The normalized spacial score (nSPS) is 11.0. The first kappa shape index (κ1) is 15.1. The van der Waals surface area contributed by atoms with E-state index in [-0.39, 0.29) is 5.91 Å². The fraction of sp³-hybridized carbons (Fsp3) is 0.250. The third kappa shape index (κ3) is 3.15. The molecular weight excluding hydrogens is 318 g/mol. The molecule has 0 N–H and O–H groups in total. The molecule has 0 aliphatic carbocycles. The van der Waals surface area contributed by atoms with Crippen LogP contribution < -0.4 is 0 Å². The first-order chi connectivity index (χ1) is 10.6. The lowest BCUT2D eigenvalue weighted by molar-refractivity contribution is -0.130. The van der Waals surface area contributed by atoms with Gasteiger partial charge in [0.15, 0.2) is 5.15 Å². The van der Waals surface area contributed by atoms with E-state index in [4.69, 9.17) is 11.6 Å². The van der Waals surface area contributed by atoms with Crippen LogP contribution in [0.15, 0.2) is 41.8 Å². The Morgan fingerprint density at radius 1 is 1.32 bits per heavy atom. The van der Waals surface area contributed by atoms with Crippen LogP contribution in [0.2, 0.25) is 5.15 Å². The largest absolute Gasteiger partial charge is 0.341 e. The fourth-order valence-electron chi connectivity index (χ4n) is 2.37. The van der Waals surface area contributed by atoms with Crippen LogP contribution in [0.25, 0.3) is 10.9 Å². The number of amides is 1. The molecule has 3 aromatic rings. The molecule has 6 heteroatoms. The zero-order valence-electron chi connectivity index (χ0n) is 12.2. The maximum Gasteiger partial charge on any atom is 0.224 e. The van der Waals surface area contributed by atoms with Crippen molar-refractivity contribution >= 4 is 39.7 Å². The summed E-state index contributed by atoms with van der Waals surface area (Å²) in [6, 6.07) is 11.8. The van der Waals surface area contributed by atoms with Crippen molar-refractivity contribution in [2.24, 2.45) is 0 Å². The topological polar surface area (TPSA) is 38.1 Å². The molecular formula is C16H16ClN3OS. The summed E-state index contributed by atoms with van der Waals surface area (Å²) in [6.07, 6.45) is 0.407. The van der Waals surface area contributed by atoms with Gasteiger partial charge in [0.25, 0.3) is 0 Å². The molecule has 0 atom stereocenters. The lowest BCUT2D eigenvalue weighted by Gasteiger charge is -2.16. The Kier molecular flexibility index (Phi) is 4.45. The Bertz CT molecular complexity index is 782. The lowest BCUT2D eigenvalue weighted by atomic mass is 10.2. The van der Waals surface area contributed by atoms with E-state index in [9.17, 15) is 4.79 Å². The maximum absolute atomic E-state index is 12.2. The molecule has 0 unspecified atom stereocenters. The van der Waals surface area contributed by atoms with Crippen LogP contribution in [0.1, 0.15) is 11.3 Å². The van der Waals surface area contributed by atoms with Gasteiger partial charge in [0.2, 0.25) is 5.91 Å². The summed E-state index contributed by atoms with van der Waals surface area (Å²) in [5.41, 5.74) is 0.959. The number of hydrogen-bond acceptors (Lipinski definition) is 3. The molecule has 0 aliphatic rings. The molecule has 1 aromatic carbocycles. The number of rotatable bonds is 5. The molecule has 0 aliphatic heterocycles. The molecule has 0 saturated carbocycles. The van der Waals surface area contributed by atoms with Crippen molar-refractivity contribution in [3.63, 3.8) is 0 Å². The van der Waals surface area contributed by atoms with Gasteiger partial charge in [-0.1, -0.05) is 29.8 Å². The van der Waals surface area contributed by atoms with Gasteiger partial charge in [-0.3, -0.25) is 9.48 Å². The van der Waals surface area contributed by atoms with Gasteiger partial charge < -0.3 is 4.90 Å². The molecule has 4 nitrogen and oxygen atoms in total. The molecule has 0 bridgehead atoms. The Labute approximate surface area is 137 Å². The van der Waals surface area contributed by atoms with Crippen molar-refractivity contribution in [1.82, 2.24) is 14.7 Å². The maximum atomic E-state index is 12.2. The summed E-state index contributed by atoms with van der Waals surface area (Å²) in [4.78, 5) is 15.2. The van der Waals surface area contributed by atoms with Gasteiger partial charge >= 0.3 is 0 Å². The number of halogens is 1. The molecule has 0 saturated heterocycles. The van der Waals surface area contributed by atoms with Crippen molar-refractivity contribution in [1.29, 1.82) is 0 Å². The van der Waals surface area contributed by atoms with E-state index in [2.05, 4.69) is 5.10 Å². The van der Waals surface area contributed by atoms with Crippen LogP contribution in [-0.4, -0.2) is 27.6 Å². The number of nitrogens with zero attached hydrogens (tertiary/aromatic N) is 3. The third-order valence-corrected chi connectivity index (χ3v) is 4.69. The van der Waals surface area contributed by atoms with Gasteiger partial charge in [-0.05, 0) is 23.6 Å². The van der Waals surface area contributed by atoms with Crippen molar-refractivity contribution in [3.8, 4) is 0 Å².